The zero-order valence-electron chi connectivity index (χ0n) is 30.7. The molecule has 6 rings (SSSR count). The van der Waals surface area contributed by atoms with Crippen molar-refractivity contribution in [3.05, 3.63) is 35.9 Å². The summed E-state index contributed by atoms with van der Waals surface area (Å²) in [5.41, 5.74) is 0.123. The molecule has 10 nitrogen and oxygen atoms in total. The van der Waals surface area contributed by atoms with Crippen LogP contribution < -0.4 is 0 Å². The average molecular weight is 681 g/mol. The van der Waals surface area contributed by atoms with E-state index in [0.29, 0.717) is 38.1 Å². The summed E-state index contributed by atoms with van der Waals surface area (Å²) in [4.78, 5) is 48.0. The van der Waals surface area contributed by atoms with Gasteiger partial charge < -0.3 is 28.9 Å². The Morgan fingerprint density at radius 2 is 1.59 bits per heavy atom. The summed E-state index contributed by atoms with van der Waals surface area (Å²) in [6, 6.07) is 10.2. The van der Waals surface area contributed by atoms with Crippen molar-refractivity contribution in [2.24, 2.45) is 11.8 Å². The zero-order chi connectivity index (χ0) is 34.8. The number of fused-ring (bicyclic) bond motifs is 2. The topological polar surface area (TPSA) is 91.9 Å². The molecule has 1 aromatic carbocycles. The van der Waals surface area contributed by atoms with Crippen LogP contribution in [0.2, 0.25) is 0 Å². The Morgan fingerprint density at radius 3 is 2.20 bits per heavy atom. The number of nitrogens with zero attached hydrogens (tertiary/aromatic N) is 4. The zero-order valence-corrected chi connectivity index (χ0v) is 30.7. The SMILES string of the molecule is CCCC[C@H]1CN(CC2C[C@H]3CC[C@@H](C2)N3C(=O)OCc2ccccc2)C(=O)OC12CCN(C1(C)CCN(C(=O)OC(C)(C)C)CC1)CC2. The highest BCUT2D eigenvalue weighted by Gasteiger charge is 2.52. The Bertz CT molecular complexity index is 1290. The van der Waals surface area contributed by atoms with Crippen LogP contribution >= 0.6 is 0 Å². The Hall–Kier alpha value is -3.01. The molecule has 272 valence electrons. The monoisotopic (exact) mass is 680 g/mol. The number of benzene rings is 1. The lowest BCUT2D eigenvalue weighted by Gasteiger charge is -2.55. The molecule has 5 saturated heterocycles. The van der Waals surface area contributed by atoms with Crippen molar-refractivity contribution in [1.82, 2.24) is 19.6 Å². The minimum Gasteiger partial charge on any atom is -0.445 e. The Morgan fingerprint density at radius 1 is 0.939 bits per heavy atom. The van der Waals surface area contributed by atoms with Crippen LogP contribution in [0.5, 0.6) is 0 Å². The number of carbonyl (C=O) groups excluding carboxylic acids is 3. The Labute approximate surface area is 293 Å². The van der Waals surface area contributed by atoms with Crippen molar-refractivity contribution in [3.8, 4) is 0 Å². The van der Waals surface area contributed by atoms with Gasteiger partial charge in [-0.1, -0.05) is 50.1 Å². The quantitative estimate of drug-likeness (QED) is 0.264. The van der Waals surface area contributed by atoms with Crippen LogP contribution in [-0.2, 0) is 20.8 Å². The van der Waals surface area contributed by atoms with Gasteiger partial charge in [-0.25, -0.2) is 14.4 Å². The van der Waals surface area contributed by atoms with Gasteiger partial charge in [-0.15, -0.1) is 0 Å². The summed E-state index contributed by atoms with van der Waals surface area (Å²) >= 11 is 0. The van der Waals surface area contributed by atoms with E-state index >= 15 is 0 Å². The molecule has 5 heterocycles. The van der Waals surface area contributed by atoms with Crippen LogP contribution in [0.25, 0.3) is 0 Å². The molecule has 0 aromatic heterocycles. The lowest BCUT2D eigenvalue weighted by molar-refractivity contribution is -0.135. The molecule has 5 aliphatic rings. The first kappa shape index (κ1) is 35.8. The minimum absolute atomic E-state index is 0.0198. The number of hydrogen-bond acceptors (Lipinski definition) is 7. The molecule has 3 amide bonds. The van der Waals surface area contributed by atoms with Crippen LogP contribution in [0.3, 0.4) is 0 Å². The van der Waals surface area contributed by atoms with E-state index in [9.17, 15) is 14.4 Å². The van der Waals surface area contributed by atoms with E-state index in [4.69, 9.17) is 14.2 Å². The number of carbonyl (C=O) groups is 3. The number of piperidine rings is 3. The second kappa shape index (κ2) is 14.7. The highest BCUT2D eigenvalue weighted by Crippen LogP contribution is 2.45. The smallest absolute Gasteiger partial charge is 0.410 e. The number of rotatable bonds is 8. The average Bonchev–Trinajstić information content (AvgIpc) is 3.34. The number of unbranched alkanes of at least 4 members (excludes halogenated alkanes) is 1. The summed E-state index contributed by atoms with van der Waals surface area (Å²) in [6.07, 6.45) is 10.1. The van der Waals surface area contributed by atoms with E-state index in [1.54, 1.807) is 0 Å². The summed E-state index contributed by atoms with van der Waals surface area (Å²) in [6.45, 7) is 15.3. The van der Waals surface area contributed by atoms with E-state index in [-0.39, 0.29) is 35.9 Å². The Kier molecular flexibility index (Phi) is 10.7. The van der Waals surface area contributed by atoms with Crippen molar-refractivity contribution in [2.75, 3.05) is 39.3 Å². The van der Waals surface area contributed by atoms with Gasteiger partial charge in [-0.2, -0.15) is 0 Å². The molecule has 2 bridgehead atoms. The van der Waals surface area contributed by atoms with Gasteiger partial charge in [0.15, 0.2) is 0 Å². The number of likely N-dealkylation sites (tertiary alicyclic amines) is 2. The van der Waals surface area contributed by atoms with Crippen LogP contribution in [-0.4, -0.2) is 106 Å². The molecule has 4 atom stereocenters. The predicted octanol–water partition coefficient (Wildman–Crippen LogP) is 7.45. The number of hydrogen-bond donors (Lipinski definition) is 0. The molecule has 1 spiro atoms. The van der Waals surface area contributed by atoms with Crippen LogP contribution in [0, 0.1) is 11.8 Å². The van der Waals surface area contributed by atoms with Crippen molar-refractivity contribution in [1.29, 1.82) is 0 Å². The van der Waals surface area contributed by atoms with E-state index in [2.05, 4.69) is 18.7 Å². The minimum atomic E-state index is -0.490. The first-order chi connectivity index (χ1) is 23.4. The molecular formula is C39H60N4O6. The fourth-order valence-corrected chi connectivity index (χ4v) is 9.37. The van der Waals surface area contributed by atoms with Crippen molar-refractivity contribution < 1.29 is 28.6 Å². The first-order valence-electron chi connectivity index (χ1n) is 19.1. The molecule has 49 heavy (non-hydrogen) atoms. The van der Waals surface area contributed by atoms with Gasteiger partial charge in [0.25, 0.3) is 0 Å². The molecule has 0 radical (unpaired) electrons. The lowest BCUT2D eigenvalue weighted by Crippen LogP contribution is -2.64. The fourth-order valence-electron chi connectivity index (χ4n) is 9.37. The standard InChI is InChI=1S/C39H60N4O6/c1-6-7-13-31-27-41(26-30-24-32-14-15-33(25-30)43(32)36(46)47-28-29-11-9-8-10-12-29)35(45)49-39(31)18-22-42(23-19-39)38(5)16-20-40(21-17-38)34(44)48-37(2,3)4/h8-12,30-33H,6-7,13-28H2,1-5H3/t30?,31-,32-,33+/m0/s1. The molecule has 5 aliphatic heterocycles. The van der Waals surface area contributed by atoms with E-state index in [1.165, 1.54) is 0 Å². The summed E-state index contributed by atoms with van der Waals surface area (Å²) in [5.74, 6) is 0.677. The highest BCUT2D eigenvalue weighted by molar-refractivity contribution is 5.70. The highest BCUT2D eigenvalue weighted by atomic mass is 16.6. The lowest BCUT2D eigenvalue weighted by atomic mass is 9.74. The molecule has 10 heteroatoms. The molecule has 0 N–H and O–H groups in total. The van der Waals surface area contributed by atoms with Gasteiger partial charge in [0.1, 0.15) is 17.8 Å². The third kappa shape index (κ3) is 8.15. The number of ether oxygens (including phenoxy) is 3. The largest absolute Gasteiger partial charge is 0.445 e. The second-order valence-corrected chi connectivity index (χ2v) is 16.8. The summed E-state index contributed by atoms with van der Waals surface area (Å²) < 4.78 is 17.9. The maximum Gasteiger partial charge on any atom is 0.410 e. The predicted molar refractivity (Wildman–Crippen MR) is 188 cm³/mol. The van der Waals surface area contributed by atoms with Crippen LogP contribution in [0.15, 0.2) is 30.3 Å². The second-order valence-electron chi connectivity index (χ2n) is 16.8. The molecule has 5 fully saturated rings. The van der Waals surface area contributed by atoms with Gasteiger partial charge in [-0.3, -0.25) is 4.90 Å². The van der Waals surface area contributed by atoms with E-state index in [1.807, 2.05) is 65.8 Å². The van der Waals surface area contributed by atoms with Crippen LogP contribution in [0.4, 0.5) is 14.4 Å². The molecular weight excluding hydrogens is 620 g/mol. The van der Waals surface area contributed by atoms with E-state index in [0.717, 1.165) is 95.8 Å². The molecule has 1 aromatic rings. The third-order valence-corrected chi connectivity index (χ3v) is 12.2. The fraction of sp³-hybridized carbons (Fsp3) is 0.769. The normalized spacial score (nSPS) is 28.3. The van der Waals surface area contributed by atoms with Gasteiger partial charge in [-0.05, 0) is 84.1 Å². The molecule has 1 unspecified atom stereocenters. The van der Waals surface area contributed by atoms with Crippen molar-refractivity contribution >= 4 is 18.3 Å². The first-order valence-corrected chi connectivity index (χ1v) is 19.1. The molecule has 0 aliphatic carbocycles. The van der Waals surface area contributed by atoms with Crippen molar-refractivity contribution in [2.45, 2.75) is 141 Å². The Balaban J connectivity index is 1.02. The van der Waals surface area contributed by atoms with E-state index < -0.39 is 11.2 Å². The van der Waals surface area contributed by atoms with Gasteiger partial charge in [0.05, 0.1) is 0 Å². The summed E-state index contributed by atoms with van der Waals surface area (Å²) in [7, 11) is 0. The van der Waals surface area contributed by atoms with Crippen LogP contribution in [0.1, 0.15) is 111 Å². The maximum atomic E-state index is 13.7. The van der Waals surface area contributed by atoms with Gasteiger partial charge in [0.2, 0.25) is 0 Å². The third-order valence-electron chi connectivity index (χ3n) is 12.2. The molecule has 0 saturated carbocycles. The van der Waals surface area contributed by atoms with Crippen molar-refractivity contribution in [3.63, 3.8) is 0 Å². The number of amides is 3. The van der Waals surface area contributed by atoms with Gasteiger partial charge >= 0.3 is 18.3 Å². The van der Waals surface area contributed by atoms with Gasteiger partial charge in [0, 0.05) is 75.7 Å². The maximum absolute atomic E-state index is 13.7. The summed E-state index contributed by atoms with van der Waals surface area (Å²) in [5, 5.41) is 0.